The second-order valence-corrected chi connectivity index (χ2v) is 5.19. The summed E-state index contributed by atoms with van der Waals surface area (Å²) >= 11 is 2.20. The van der Waals surface area contributed by atoms with Gasteiger partial charge in [-0.05, 0) is 26.0 Å². The van der Waals surface area contributed by atoms with E-state index in [9.17, 15) is 4.79 Å². The van der Waals surface area contributed by atoms with E-state index in [4.69, 9.17) is 9.47 Å². The molecule has 0 amide bonds. The third-order valence-corrected chi connectivity index (χ3v) is 2.94. The Morgan fingerprint density at radius 2 is 1.60 bits per heavy atom. The Kier molecular flexibility index (Phi) is 10.9. The van der Waals surface area contributed by atoms with Crippen molar-refractivity contribution in [3.63, 3.8) is 0 Å². The number of hydrogen-bond acceptors (Lipinski definition) is 3. The molecule has 0 N–H and O–H groups in total. The number of carbonyl (C=O) groups is 1. The summed E-state index contributed by atoms with van der Waals surface area (Å²) in [7, 11) is 2.14. The minimum absolute atomic E-state index is 0.123. The fraction of sp³-hybridized carbons (Fsp3) is 0.533. The van der Waals surface area contributed by atoms with E-state index in [0.717, 1.165) is 5.92 Å². The maximum absolute atomic E-state index is 11.4. The zero-order valence-electron chi connectivity index (χ0n) is 13.2. The number of rotatable bonds is 6. The molecular formula is C15H24LiO3P. The first-order valence-corrected chi connectivity index (χ1v) is 7.73. The number of benzene rings is 1. The maximum atomic E-state index is 11.4. The standard InChI is InChI=1S/C11H15O3P.C4H9.Li/c1-3-13-8-6-5-7-9(14-4-2)10(8)11(12)15;1-4(2)3;/h5-7H,3-4,15H2,1-2H3;4H,1H2,2-3H3;. The molecule has 3 nitrogen and oxygen atoms in total. The zero-order chi connectivity index (χ0) is 15.5. The molecule has 1 atom stereocenters. The van der Waals surface area contributed by atoms with Gasteiger partial charge in [-0.1, -0.05) is 15.3 Å². The Morgan fingerprint density at radius 3 is 1.85 bits per heavy atom. The normalized spacial score (nSPS) is 9.80. The topological polar surface area (TPSA) is 35.5 Å². The molecule has 108 valence electrons. The average Bonchev–Trinajstić information content (AvgIpc) is 2.40. The second kappa shape index (κ2) is 11.2. The molecule has 0 radical (unpaired) electrons. The number of carbonyl (C=O) groups excluding carboxylic acids is 1. The molecule has 0 aromatic heterocycles. The van der Waals surface area contributed by atoms with Gasteiger partial charge in [0.1, 0.15) is 17.1 Å². The van der Waals surface area contributed by atoms with Crippen LogP contribution in [0.5, 0.6) is 11.5 Å². The molecule has 0 spiro atoms. The molecule has 0 aliphatic heterocycles. The Hall–Kier alpha value is -0.483. The Labute approximate surface area is 134 Å². The summed E-state index contributed by atoms with van der Waals surface area (Å²) in [6, 6.07) is 5.35. The van der Waals surface area contributed by atoms with Gasteiger partial charge in [0, 0.05) is 0 Å². The SMILES string of the molecule is CCOc1cccc(OCC)c1C(=O)P.[Li][CH2]C(C)C. The molecule has 20 heavy (non-hydrogen) atoms. The van der Waals surface area contributed by atoms with Gasteiger partial charge in [0.2, 0.25) is 0 Å². The van der Waals surface area contributed by atoms with E-state index in [0.29, 0.717) is 30.3 Å². The monoisotopic (exact) mass is 290 g/mol. The van der Waals surface area contributed by atoms with Crippen molar-refractivity contribution in [3.8, 4) is 11.5 Å². The molecule has 0 aliphatic carbocycles. The van der Waals surface area contributed by atoms with Crippen LogP contribution in [0.3, 0.4) is 0 Å². The van der Waals surface area contributed by atoms with Crippen LogP contribution in [0.1, 0.15) is 38.1 Å². The molecule has 0 saturated heterocycles. The van der Waals surface area contributed by atoms with Gasteiger partial charge in [0.05, 0.1) is 13.2 Å². The summed E-state index contributed by atoms with van der Waals surface area (Å²) in [6.07, 6.45) is 0. The molecule has 5 heteroatoms. The van der Waals surface area contributed by atoms with E-state index in [1.54, 1.807) is 12.1 Å². The molecule has 0 aliphatic rings. The fourth-order valence-electron chi connectivity index (χ4n) is 1.31. The quantitative estimate of drug-likeness (QED) is 0.591. The van der Waals surface area contributed by atoms with Crippen molar-refractivity contribution in [2.45, 2.75) is 32.8 Å². The van der Waals surface area contributed by atoms with Crippen LogP contribution in [-0.2, 0) is 0 Å². The third kappa shape index (κ3) is 7.34. The second-order valence-electron chi connectivity index (χ2n) is 4.66. The van der Waals surface area contributed by atoms with Gasteiger partial charge in [-0.25, -0.2) is 0 Å². The van der Waals surface area contributed by atoms with Crippen LogP contribution in [0.25, 0.3) is 0 Å². The molecule has 0 bridgehead atoms. The molecule has 0 heterocycles. The molecule has 0 saturated carbocycles. The molecular weight excluding hydrogens is 266 g/mol. The predicted molar refractivity (Wildman–Crippen MR) is 88.2 cm³/mol. The van der Waals surface area contributed by atoms with Gasteiger partial charge in [0.25, 0.3) is 0 Å². The molecule has 1 aromatic rings. The van der Waals surface area contributed by atoms with E-state index in [1.807, 2.05) is 19.9 Å². The first-order valence-electron chi connectivity index (χ1n) is 7.16. The van der Waals surface area contributed by atoms with E-state index in [1.165, 1.54) is 5.09 Å². The van der Waals surface area contributed by atoms with Gasteiger partial charge < -0.3 is 9.47 Å². The fourth-order valence-corrected chi connectivity index (χ4v) is 1.59. The first kappa shape index (κ1) is 19.5. The van der Waals surface area contributed by atoms with E-state index >= 15 is 0 Å². The van der Waals surface area contributed by atoms with Crippen LogP contribution in [0.15, 0.2) is 18.2 Å². The number of hydrogen-bond donors (Lipinski definition) is 0. The summed E-state index contributed by atoms with van der Waals surface area (Å²) in [4.78, 5) is 11.4. The van der Waals surface area contributed by atoms with E-state index in [2.05, 4.69) is 40.8 Å². The molecule has 1 rings (SSSR count). The van der Waals surface area contributed by atoms with Crippen LogP contribution in [0, 0.1) is 5.92 Å². The van der Waals surface area contributed by atoms with Gasteiger partial charge in [-0.3, -0.25) is 4.79 Å². The third-order valence-electron chi connectivity index (χ3n) is 2.65. The Balaban J connectivity index is 0.000000621. The van der Waals surface area contributed by atoms with Gasteiger partial charge in [-0.2, -0.15) is 0 Å². The van der Waals surface area contributed by atoms with E-state index < -0.39 is 0 Å². The van der Waals surface area contributed by atoms with Gasteiger partial charge in [0.15, 0.2) is 5.52 Å². The number of ether oxygens (including phenoxy) is 2. The summed E-state index contributed by atoms with van der Waals surface area (Å²) in [5, 5.41) is 1.31. The Bertz CT molecular complexity index is 384. The summed E-state index contributed by atoms with van der Waals surface area (Å²) < 4.78 is 10.7. The van der Waals surface area contributed by atoms with Crippen LogP contribution in [0.2, 0.25) is 5.09 Å². The van der Waals surface area contributed by atoms with Crippen LogP contribution in [0.4, 0.5) is 0 Å². The van der Waals surface area contributed by atoms with Crippen molar-refractivity contribution in [3.05, 3.63) is 23.8 Å². The molecule has 0 fully saturated rings. The van der Waals surface area contributed by atoms with Crippen molar-refractivity contribution in [2.24, 2.45) is 5.92 Å². The van der Waals surface area contributed by atoms with Crippen molar-refractivity contribution >= 4 is 32.5 Å². The van der Waals surface area contributed by atoms with Crippen LogP contribution >= 0.6 is 9.24 Å². The minimum atomic E-state index is -0.123. The van der Waals surface area contributed by atoms with E-state index in [-0.39, 0.29) is 5.52 Å². The first-order chi connectivity index (χ1) is 9.47. The average molecular weight is 290 g/mol. The van der Waals surface area contributed by atoms with Crippen molar-refractivity contribution in [1.82, 2.24) is 0 Å². The van der Waals surface area contributed by atoms with Gasteiger partial charge in [-0.15, -0.1) is 0 Å². The van der Waals surface area contributed by atoms with Crippen LogP contribution < -0.4 is 9.47 Å². The summed E-state index contributed by atoms with van der Waals surface area (Å²) in [6.45, 7) is 9.26. The summed E-state index contributed by atoms with van der Waals surface area (Å²) in [5.41, 5.74) is 0.369. The van der Waals surface area contributed by atoms with Crippen molar-refractivity contribution in [2.75, 3.05) is 13.2 Å². The summed E-state index contributed by atoms with van der Waals surface area (Å²) in [5.74, 6) is 2.03. The van der Waals surface area contributed by atoms with Crippen LogP contribution in [-0.4, -0.2) is 36.5 Å². The van der Waals surface area contributed by atoms with Crippen molar-refractivity contribution < 1.29 is 14.3 Å². The Morgan fingerprint density at radius 1 is 1.20 bits per heavy atom. The molecule has 1 unspecified atom stereocenters. The predicted octanol–water partition coefficient (Wildman–Crippen LogP) is 3.73. The van der Waals surface area contributed by atoms with Gasteiger partial charge >= 0.3 is 42.6 Å². The zero-order valence-corrected chi connectivity index (χ0v) is 14.4. The van der Waals surface area contributed by atoms with Crippen molar-refractivity contribution in [1.29, 1.82) is 0 Å². The molecule has 1 aromatic carbocycles.